The third-order valence-electron chi connectivity index (χ3n) is 6.57. The Morgan fingerprint density at radius 3 is 2.29 bits per heavy atom. The zero-order chi connectivity index (χ0) is 27.2. The van der Waals surface area contributed by atoms with Crippen LogP contribution in [0.5, 0.6) is 23.1 Å². The van der Waals surface area contributed by atoms with Gasteiger partial charge in [-0.3, -0.25) is 14.2 Å². The van der Waals surface area contributed by atoms with Gasteiger partial charge in [-0.2, -0.15) is 4.98 Å². The van der Waals surface area contributed by atoms with Crippen LogP contribution in [-0.4, -0.2) is 58.9 Å². The molecule has 10 heteroatoms. The summed E-state index contributed by atoms with van der Waals surface area (Å²) in [5.74, 6) is 0.650. The van der Waals surface area contributed by atoms with Crippen LogP contribution >= 0.6 is 11.6 Å². The van der Waals surface area contributed by atoms with Gasteiger partial charge < -0.3 is 24.2 Å². The van der Waals surface area contributed by atoms with Crippen molar-refractivity contribution in [3.05, 3.63) is 69.2 Å². The number of piperidine rings is 1. The van der Waals surface area contributed by atoms with Crippen LogP contribution in [0.2, 0.25) is 5.02 Å². The summed E-state index contributed by atoms with van der Waals surface area (Å²) >= 11 is 5.94. The smallest absolute Gasteiger partial charge is 0.275 e. The van der Waals surface area contributed by atoms with Gasteiger partial charge in [0.25, 0.3) is 11.5 Å². The molecule has 1 amide bonds. The van der Waals surface area contributed by atoms with E-state index in [9.17, 15) is 14.7 Å². The number of aromatic hydroxyl groups is 1. The summed E-state index contributed by atoms with van der Waals surface area (Å²) in [6, 6.07) is 12.3. The molecule has 0 atom stereocenters. The van der Waals surface area contributed by atoms with E-state index in [0.29, 0.717) is 66.1 Å². The van der Waals surface area contributed by atoms with Gasteiger partial charge in [0.05, 0.1) is 14.2 Å². The Hall–Kier alpha value is -3.72. The van der Waals surface area contributed by atoms with Crippen molar-refractivity contribution < 1.29 is 24.1 Å². The fourth-order valence-corrected chi connectivity index (χ4v) is 4.69. The van der Waals surface area contributed by atoms with Gasteiger partial charge in [0.15, 0.2) is 5.56 Å². The van der Waals surface area contributed by atoms with Gasteiger partial charge in [-0.25, -0.2) is 0 Å². The molecule has 0 unspecified atom stereocenters. The Labute approximate surface area is 226 Å². The number of hydrogen-bond acceptors (Lipinski definition) is 7. The van der Waals surface area contributed by atoms with E-state index in [1.165, 1.54) is 18.8 Å². The molecule has 1 aliphatic heterocycles. The highest BCUT2D eigenvalue weighted by Gasteiger charge is 2.31. The standard InChI is InChI=1S/C28H32ClN3O6/c1-4-5-9-23-30-26(33)24(28(35)32(23)25-21(36-2)7-6-8-22(25)37-3)27(34)31-16-14-20(15-17-31)38-19-12-10-18(29)11-13-19/h6-8,10-13,20,33H,4-5,9,14-17H2,1-3H3. The Kier molecular flexibility index (Phi) is 8.78. The minimum absolute atomic E-state index is 0.0853. The summed E-state index contributed by atoms with van der Waals surface area (Å²) in [4.78, 5) is 33.3. The summed E-state index contributed by atoms with van der Waals surface area (Å²) in [7, 11) is 2.98. The topological polar surface area (TPSA) is 103 Å². The molecular formula is C28H32ClN3O6. The number of unbranched alkanes of at least 4 members (excludes halogenated alkanes) is 1. The lowest BCUT2D eigenvalue weighted by atomic mass is 10.1. The molecule has 2 aromatic carbocycles. The summed E-state index contributed by atoms with van der Waals surface area (Å²) < 4.78 is 18.4. The third kappa shape index (κ3) is 5.72. The zero-order valence-corrected chi connectivity index (χ0v) is 22.5. The number of halogens is 1. The molecule has 0 spiro atoms. The number of benzene rings is 2. The third-order valence-corrected chi connectivity index (χ3v) is 6.82. The average Bonchev–Trinajstić information content (AvgIpc) is 2.93. The second-order valence-electron chi connectivity index (χ2n) is 9.05. The quantitative estimate of drug-likeness (QED) is 0.421. The maximum atomic E-state index is 13.9. The molecule has 2 heterocycles. The second-order valence-corrected chi connectivity index (χ2v) is 9.48. The van der Waals surface area contributed by atoms with Crippen LogP contribution in [0, 0.1) is 0 Å². The van der Waals surface area contributed by atoms with E-state index < -0.39 is 17.3 Å². The molecule has 202 valence electrons. The Balaban J connectivity index is 1.65. The predicted molar refractivity (Wildman–Crippen MR) is 144 cm³/mol. The lowest BCUT2D eigenvalue weighted by molar-refractivity contribution is 0.0590. The van der Waals surface area contributed by atoms with Crippen molar-refractivity contribution in [2.45, 2.75) is 45.1 Å². The number of ether oxygens (including phenoxy) is 3. The van der Waals surface area contributed by atoms with Crippen LogP contribution < -0.4 is 19.8 Å². The van der Waals surface area contributed by atoms with E-state index >= 15 is 0 Å². The van der Waals surface area contributed by atoms with Crippen molar-refractivity contribution >= 4 is 17.5 Å². The van der Waals surface area contributed by atoms with Crippen molar-refractivity contribution in [3.63, 3.8) is 0 Å². The SMILES string of the molecule is CCCCc1nc(O)c(C(=O)N2CCC(Oc3ccc(Cl)cc3)CC2)c(=O)n1-c1c(OC)cccc1OC. The van der Waals surface area contributed by atoms with Crippen LogP contribution in [-0.2, 0) is 6.42 Å². The molecule has 3 aromatic rings. The molecule has 0 bridgehead atoms. The van der Waals surface area contributed by atoms with Crippen LogP contribution in [0.1, 0.15) is 48.8 Å². The van der Waals surface area contributed by atoms with Gasteiger partial charge >= 0.3 is 0 Å². The number of likely N-dealkylation sites (tertiary alicyclic amines) is 1. The van der Waals surface area contributed by atoms with E-state index in [4.69, 9.17) is 25.8 Å². The van der Waals surface area contributed by atoms with Crippen LogP contribution in [0.25, 0.3) is 5.69 Å². The second kappa shape index (κ2) is 12.2. The number of nitrogens with zero attached hydrogens (tertiary/aromatic N) is 3. The minimum atomic E-state index is -0.670. The predicted octanol–water partition coefficient (Wildman–Crippen LogP) is 4.63. The molecule has 0 saturated carbocycles. The first-order valence-electron chi connectivity index (χ1n) is 12.7. The number of carbonyl (C=O) groups is 1. The fraction of sp³-hybridized carbons (Fsp3) is 0.393. The van der Waals surface area contributed by atoms with Gasteiger partial charge in [-0.05, 0) is 42.8 Å². The number of methoxy groups -OCH3 is 2. The van der Waals surface area contributed by atoms with Gasteiger partial charge in [0.2, 0.25) is 5.88 Å². The Morgan fingerprint density at radius 2 is 1.71 bits per heavy atom. The van der Waals surface area contributed by atoms with E-state index in [1.807, 2.05) is 6.92 Å². The lowest BCUT2D eigenvalue weighted by Gasteiger charge is -2.32. The molecule has 38 heavy (non-hydrogen) atoms. The summed E-state index contributed by atoms with van der Waals surface area (Å²) in [5.41, 5.74) is -0.712. The highest BCUT2D eigenvalue weighted by Crippen LogP contribution is 2.33. The molecule has 1 fully saturated rings. The maximum Gasteiger partial charge on any atom is 0.275 e. The minimum Gasteiger partial charge on any atom is -0.494 e. The molecule has 1 N–H and O–H groups in total. The number of aromatic nitrogens is 2. The van der Waals surface area contributed by atoms with E-state index in [0.717, 1.165) is 12.8 Å². The highest BCUT2D eigenvalue weighted by atomic mass is 35.5. The Bertz CT molecular complexity index is 1310. The number of para-hydroxylation sites is 1. The number of carbonyl (C=O) groups excluding carboxylic acids is 1. The lowest BCUT2D eigenvalue weighted by Crippen LogP contribution is -2.44. The van der Waals surface area contributed by atoms with Crippen LogP contribution in [0.3, 0.4) is 0 Å². The number of amides is 1. The van der Waals surface area contributed by atoms with Gasteiger partial charge in [-0.15, -0.1) is 0 Å². The van der Waals surface area contributed by atoms with Gasteiger partial charge in [0.1, 0.15) is 34.9 Å². The molecule has 9 nitrogen and oxygen atoms in total. The normalized spacial score (nSPS) is 13.8. The van der Waals surface area contributed by atoms with E-state index in [2.05, 4.69) is 4.98 Å². The van der Waals surface area contributed by atoms with Crippen molar-refractivity contribution in [3.8, 4) is 28.8 Å². The largest absolute Gasteiger partial charge is 0.494 e. The molecule has 0 aliphatic carbocycles. The van der Waals surface area contributed by atoms with E-state index in [1.54, 1.807) is 47.4 Å². The fourth-order valence-electron chi connectivity index (χ4n) is 4.57. The monoisotopic (exact) mass is 541 g/mol. The number of hydrogen-bond donors (Lipinski definition) is 1. The summed E-state index contributed by atoms with van der Waals surface area (Å²) in [6.07, 6.45) is 3.07. The van der Waals surface area contributed by atoms with Crippen molar-refractivity contribution in [2.75, 3.05) is 27.3 Å². The van der Waals surface area contributed by atoms with Crippen molar-refractivity contribution in [1.82, 2.24) is 14.5 Å². The highest BCUT2D eigenvalue weighted by molar-refractivity contribution is 6.30. The zero-order valence-electron chi connectivity index (χ0n) is 21.8. The number of aryl methyl sites for hydroxylation is 1. The average molecular weight is 542 g/mol. The summed E-state index contributed by atoms with van der Waals surface area (Å²) in [6.45, 7) is 2.75. The van der Waals surface area contributed by atoms with Crippen LogP contribution in [0.15, 0.2) is 47.3 Å². The van der Waals surface area contributed by atoms with Gasteiger partial charge in [-0.1, -0.05) is 31.0 Å². The number of rotatable bonds is 9. The van der Waals surface area contributed by atoms with E-state index in [-0.39, 0.29) is 11.7 Å². The first kappa shape index (κ1) is 27.3. The first-order valence-corrected chi connectivity index (χ1v) is 13.0. The maximum absolute atomic E-state index is 13.9. The van der Waals surface area contributed by atoms with Crippen molar-refractivity contribution in [2.24, 2.45) is 0 Å². The molecule has 1 saturated heterocycles. The Morgan fingerprint density at radius 1 is 1.08 bits per heavy atom. The molecule has 1 aliphatic rings. The molecule has 0 radical (unpaired) electrons. The van der Waals surface area contributed by atoms with Crippen molar-refractivity contribution in [1.29, 1.82) is 0 Å². The molecule has 1 aromatic heterocycles. The van der Waals surface area contributed by atoms with Crippen LogP contribution in [0.4, 0.5) is 0 Å². The van der Waals surface area contributed by atoms with Gasteiger partial charge in [0, 0.05) is 37.4 Å². The molecular weight excluding hydrogens is 510 g/mol. The molecule has 4 rings (SSSR count). The summed E-state index contributed by atoms with van der Waals surface area (Å²) in [5, 5.41) is 11.4. The first-order chi connectivity index (χ1) is 18.4.